The van der Waals surface area contributed by atoms with Gasteiger partial charge < -0.3 is 4.90 Å². The van der Waals surface area contributed by atoms with E-state index in [1.54, 1.807) is 11.3 Å². The maximum atomic E-state index is 12.3. The van der Waals surface area contributed by atoms with E-state index in [2.05, 4.69) is 16.8 Å². The molecule has 1 aliphatic carbocycles. The Morgan fingerprint density at radius 2 is 2.17 bits per heavy atom. The molecule has 1 heterocycles. The smallest absolute Gasteiger partial charge is 0.228 e. The standard InChI is InChI=1S/C14H22N2OS/c1-3-16(13-7-5-4-6-8-13)14(17)9-12-10-18-11(2)15-12/h10,13H,3-9H2,1-2H3. The van der Waals surface area contributed by atoms with E-state index in [9.17, 15) is 4.79 Å². The Hall–Kier alpha value is -0.900. The van der Waals surface area contributed by atoms with Crippen LogP contribution in [0.2, 0.25) is 0 Å². The highest BCUT2D eigenvalue weighted by Crippen LogP contribution is 2.23. The first-order valence-corrected chi connectivity index (χ1v) is 7.79. The van der Waals surface area contributed by atoms with Crippen LogP contribution < -0.4 is 0 Å². The number of carbonyl (C=O) groups is 1. The number of rotatable bonds is 4. The third-order valence-corrected chi connectivity index (χ3v) is 4.50. The molecule has 0 aromatic carbocycles. The number of hydrogen-bond acceptors (Lipinski definition) is 3. The van der Waals surface area contributed by atoms with Gasteiger partial charge in [-0.05, 0) is 26.7 Å². The van der Waals surface area contributed by atoms with Gasteiger partial charge in [0.05, 0.1) is 17.1 Å². The second-order valence-electron chi connectivity index (χ2n) is 5.01. The van der Waals surface area contributed by atoms with Gasteiger partial charge in [0.15, 0.2) is 0 Å². The highest BCUT2D eigenvalue weighted by Gasteiger charge is 2.24. The number of amides is 1. The molecule has 0 atom stereocenters. The van der Waals surface area contributed by atoms with Crippen molar-refractivity contribution in [3.05, 3.63) is 16.1 Å². The molecule has 0 N–H and O–H groups in total. The summed E-state index contributed by atoms with van der Waals surface area (Å²) < 4.78 is 0. The van der Waals surface area contributed by atoms with Crippen LogP contribution in [0.3, 0.4) is 0 Å². The number of nitrogens with zero attached hydrogens (tertiary/aromatic N) is 2. The van der Waals surface area contributed by atoms with E-state index < -0.39 is 0 Å². The summed E-state index contributed by atoms with van der Waals surface area (Å²) in [6, 6.07) is 0.469. The largest absolute Gasteiger partial charge is 0.340 e. The van der Waals surface area contributed by atoms with Gasteiger partial charge in [-0.1, -0.05) is 19.3 Å². The molecule has 4 heteroatoms. The van der Waals surface area contributed by atoms with Crippen LogP contribution in [0.4, 0.5) is 0 Å². The summed E-state index contributed by atoms with van der Waals surface area (Å²) in [4.78, 5) is 18.8. The average Bonchev–Trinajstić information content (AvgIpc) is 2.77. The third-order valence-electron chi connectivity index (χ3n) is 3.68. The predicted octanol–water partition coefficient (Wildman–Crippen LogP) is 3.18. The molecular weight excluding hydrogens is 244 g/mol. The van der Waals surface area contributed by atoms with Crippen molar-refractivity contribution >= 4 is 17.2 Å². The van der Waals surface area contributed by atoms with Crippen molar-refractivity contribution in [2.24, 2.45) is 0 Å². The molecule has 1 aromatic heterocycles. The molecule has 1 aromatic rings. The number of likely N-dealkylation sites (N-methyl/N-ethyl adjacent to an activating group) is 1. The van der Waals surface area contributed by atoms with Gasteiger partial charge in [-0.15, -0.1) is 11.3 Å². The Balaban J connectivity index is 1.96. The van der Waals surface area contributed by atoms with E-state index in [0.717, 1.165) is 17.2 Å². The lowest BCUT2D eigenvalue weighted by molar-refractivity contribution is -0.133. The molecule has 0 radical (unpaired) electrons. The summed E-state index contributed by atoms with van der Waals surface area (Å²) in [6.07, 6.45) is 6.68. The normalized spacial score (nSPS) is 16.8. The predicted molar refractivity (Wildman–Crippen MR) is 74.8 cm³/mol. The first-order chi connectivity index (χ1) is 8.70. The number of carbonyl (C=O) groups excluding carboxylic acids is 1. The molecular formula is C14H22N2OS. The SMILES string of the molecule is CCN(C(=O)Cc1csc(C)n1)C1CCCCC1. The Kier molecular flexibility index (Phi) is 4.75. The molecule has 1 saturated carbocycles. The minimum atomic E-state index is 0.245. The van der Waals surface area contributed by atoms with Gasteiger partial charge in [-0.25, -0.2) is 4.98 Å². The van der Waals surface area contributed by atoms with E-state index in [4.69, 9.17) is 0 Å². The van der Waals surface area contributed by atoms with Gasteiger partial charge in [-0.3, -0.25) is 4.79 Å². The zero-order valence-corrected chi connectivity index (χ0v) is 12.1. The van der Waals surface area contributed by atoms with Crippen molar-refractivity contribution in [2.75, 3.05) is 6.54 Å². The van der Waals surface area contributed by atoms with Crippen LogP contribution in [0.15, 0.2) is 5.38 Å². The van der Waals surface area contributed by atoms with Gasteiger partial charge in [-0.2, -0.15) is 0 Å². The maximum absolute atomic E-state index is 12.3. The van der Waals surface area contributed by atoms with Gasteiger partial charge in [0, 0.05) is 18.0 Å². The van der Waals surface area contributed by atoms with Gasteiger partial charge >= 0.3 is 0 Å². The number of aryl methyl sites for hydroxylation is 1. The van der Waals surface area contributed by atoms with E-state index >= 15 is 0 Å². The van der Waals surface area contributed by atoms with Crippen molar-refractivity contribution in [2.45, 2.75) is 58.4 Å². The zero-order chi connectivity index (χ0) is 13.0. The molecule has 0 aliphatic heterocycles. The Bertz CT molecular complexity index is 396. The minimum absolute atomic E-state index is 0.245. The first-order valence-electron chi connectivity index (χ1n) is 6.91. The van der Waals surface area contributed by atoms with Crippen molar-refractivity contribution in [1.82, 2.24) is 9.88 Å². The summed E-state index contributed by atoms with van der Waals surface area (Å²) in [5.41, 5.74) is 0.928. The molecule has 0 bridgehead atoms. The fourth-order valence-corrected chi connectivity index (χ4v) is 3.39. The minimum Gasteiger partial charge on any atom is -0.340 e. The quantitative estimate of drug-likeness (QED) is 0.838. The van der Waals surface area contributed by atoms with Crippen LogP contribution in [-0.2, 0) is 11.2 Å². The average molecular weight is 266 g/mol. The van der Waals surface area contributed by atoms with Gasteiger partial charge in [0.1, 0.15) is 0 Å². The highest BCUT2D eigenvalue weighted by atomic mass is 32.1. The molecule has 3 nitrogen and oxygen atoms in total. The Morgan fingerprint density at radius 3 is 2.72 bits per heavy atom. The van der Waals surface area contributed by atoms with Crippen LogP contribution in [0.1, 0.15) is 49.7 Å². The molecule has 1 amide bonds. The molecule has 1 fully saturated rings. The number of aromatic nitrogens is 1. The van der Waals surface area contributed by atoms with Crippen LogP contribution in [0.25, 0.3) is 0 Å². The Labute approximate surface area is 113 Å². The topological polar surface area (TPSA) is 33.2 Å². The van der Waals surface area contributed by atoms with Crippen LogP contribution in [0.5, 0.6) is 0 Å². The fraction of sp³-hybridized carbons (Fsp3) is 0.714. The van der Waals surface area contributed by atoms with Crippen molar-refractivity contribution in [3.63, 3.8) is 0 Å². The summed E-state index contributed by atoms with van der Waals surface area (Å²) in [7, 11) is 0. The Morgan fingerprint density at radius 1 is 1.44 bits per heavy atom. The van der Waals surface area contributed by atoms with Crippen LogP contribution >= 0.6 is 11.3 Å². The lowest BCUT2D eigenvalue weighted by Gasteiger charge is -2.33. The molecule has 0 unspecified atom stereocenters. The monoisotopic (exact) mass is 266 g/mol. The summed E-state index contributed by atoms with van der Waals surface area (Å²) >= 11 is 1.62. The summed E-state index contributed by atoms with van der Waals surface area (Å²) in [5.74, 6) is 0.245. The maximum Gasteiger partial charge on any atom is 0.228 e. The van der Waals surface area contributed by atoms with E-state index in [0.29, 0.717) is 12.5 Å². The number of thiazole rings is 1. The zero-order valence-electron chi connectivity index (χ0n) is 11.3. The summed E-state index contributed by atoms with van der Waals surface area (Å²) in [6.45, 7) is 4.89. The molecule has 0 spiro atoms. The van der Waals surface area contributed by atoms with Crippen molar-refractivity contribution in [1.29, 1.82) is 0 Å². The lowest BCUT2D eigenvalue weighted by Crippen LogP contribution is -2.42. The van der Waals surface area contributed by atoms with Gasteiger partial charge in [0.2, 0.25) is 5.91 Å². The van der Waals surface area contributed by atoms with Crippen LogP contribution in [0, 0.1) is 6.92 Å². The van der Waals surface area contributed by atoms with Crippen LogP contribution in [-0.4, -0.2) is 28.4 Å². The second-order valence-corrected chi connectivity index (χ2v) is 6.07. The molecule has 100 valence electrons. The fourth-order valence-electron chi connectivity index (χ4n) is 2.78. The highest BCUT2D eigenvalue weighted by molar-refractivity contribution is 7.09. The lowest BCUT2D eigenvalue weighted by atomic mass is 9.94. The first kappa shape index (κ1) is 13.5. The summed E-state index contributed by atoms with van der Waals surface area (Å²) in [5, 5.41) is 3.04. The molecule has 18 heavy (non-hydrogen) atoms. The number of hydrogen-bond donors (Lipinski definition) is 0. The molecule has 1 aliphatic rings. The van der Waals surface area contributed by atoms with Crippen molar-refractivity contribution in [3.8, 4) is 0 Å². The van der Waals surface area contributed by atoms with Crippen molar-refractivity contribution < 1.29 is 4.79 Å². The molecule has 0 saturated heterocycles. The van der Waals surface area contributed by atoms with Gasteiger partial charge in [0.25, 0.3) is 0 Å². The molecule has 2 rings (SSSR count). The third kappa shape index (κ3) is 3.31. The van der Waals surface area contributed by atoms with E-state index in [1.165, 1.54) is 32.1 Å². The van der Waals surface area contributed by atoms with E-state index in [1.807, 2.05) is 12.3 Å². The second kappa shape index (κ2) is 6.32. The van der Waals surface area contributed by atoms with E-state index in [-0.39, 0.29) is 5.91 Å².